The molecule has 0 spiro atoms. The van der Waals surface area contributed by atoms with Crippen LogP contribution in [-0.2, 0) is 0 Å². The number of nitro benzene ring substituents is 1. The third kappa shape index (κ3) is 7.19. The summed E-state index contributed by atoms with van der Waals surface area (Å²) in [6, 6.07) is 4.70. The van der Waals surface area contributed by atoms with E-state index >= 15 is 0 Å². The van der Waals surface area contributed by atoms with E-state index in [9.17, 15) is 20.0 Å². The van der Waals surface area contributed by atoms with Gasteiger partial charge in [-0.1, -0.05) is 17.2 Å². The van der Waals surface area contributed by atoms with Gasteiger partial charge in [0.1, 0.15) is 0 Å². The predicted molar refractivity (Wildman–Crippen MR) is 101 cm³/mol. The Morgan fingerprint density at radius 1 is 1.31 bits per heavy atom. The molecule has 1 aromatic rings. The van der Waals surface area contributed by atoms with Crippen LogP contribution in [0, 0.1) is 10.1 Å². The first-order chi connectivity index (χ1) is 12.2. The van der Waals surface area contributed by atoms with Crippen molar-refractivity contribution in [3.63, 3.8) is 0 Å². The molecule has 2 N–H and O–H groups in total. The van der Waals surface area contributed by atoms with Crippen LogP contribution < -0.4 is 0 Å². The first-order valence-electron chi connectivity index (χ1n) is 8.70. The number of nitrogens with zero attached hydrogens (tertiary/aromatic N) is 1. The van der Waals surface area contributed by atoms with Crippen molar-refractivity contribution in [3.8, 4) is 0 Å². The van der Waals surface area contributed by atoms with Crippen LogP contribution in [-0.4, -0.2) is 27.2 Å². The Kier molecular flexibility index (Phi) is 8.72. The maximum absolute atomic E-state index is 10.3. The third-order valence-electron chi connectivity index (χ3n) is 4.27. The van der Waals surface area contributed by atoms with Crippen LogP contribution >= 0.6 is 0 Å². The Labute approximate surface area is 154 Å². The van der Waals surface area contributed by atoms with Gasteiger partial charge in [0.25, 0.3) is 5.69 Å². The van der Waals surface area contributed by atoms with Gasteiger partial charge >= 0.3 is 5.97 Å². The Morgan fingerprint density at radius 2 is 1.92 bits per heavy atom. The lowest BCUT2D eigenvalue weighted by atomic mass is 9.87. The van der Waals surface area contributed by atoms with Crippen LogP contribution in [0.25, 0.3) is 0 Å². The van der Waals surface area contributed by atoms with Gasteiger partial charge in [0, 0.05) is 12.1 Å². The van der Waals surface area contributed by atoms with Crippen molar-refractivity contribution in [2.75, 3.05) is 0 Å². The Balaban J connectivity index is 0.000000263. The number of carboxylic acids is 1. The molecular weight excluding hydrogens is 334 g/mol. The number of non-ortho nitro benzene ring substituents is 1. The summed E-state index contributed by atoms with van der Waals surface area (Å²) in [5, 5.41) is 28.4. The van der Waals surface area contributed by atoms with Crippen molar-refractivity contribution in [1.82, 2.24) is 0 Å². The van der Waals surface area contributed by atoms with E-state index in [0.29, 0.717) is 0 Å². The van der Waals surface area contributed by atoms with Gasteiger partial charge in [-0.2, -0.15) is 0 Å². The smallest absolute Gasteiger partial charge is 0.335 e. The van der Waals surface area contributed by atoms with Crippen LogP contribution in [0.15, 0.2) is 47.1 Å². The summed E-state index contributed by atoms with van der Waals surface area (Å²) in [7, 11) is 0. The highest BCUT2D eigenvalue weighted by Crippen LogP contribution is 2.28. The summed E-state index contributed by atoms with van der Waals surface area (Å²) < 4.78 is 0. The van der Waals surface area contributed by atoms with E-state index in [1.807, 2.05) is 0 Å². The largest absolute Gasteiger partial charge is 0.478 e. The number of carbonyl (C=O) groups is 1. The second kappa shape index (κ2) is 10.5. The van der Waals surface area contributed by atoms with Crippen LogP contribution in [0.1, 0.15) is 63.2 Å². The molecule has 0 aromatic heterocycles. The molecule has 0 amide bonds. The van der Waals surface area contributed by atoms with Crippen LogP contribution in [0.2, 0.25) is 0 Å². The average Bonchev–Trinajstić information content (AvgIpc) is 2.58. The second-order valence-corrected chi connectivity index (χ2v) is 6.64. The van der Waals surface area contributed by atoms with Crippen molar-refractivity contribution >= 4 is 11.7 Å². The molecule has 6 heteroatoms. The zero-order chi connectivity index (χ0) is 19.7. The van der Waals surface area contributed by atoms with Crippen molar-refractivity contribution in [1.29, 1.82) is 0 Å². The fraction of sp³-hybridized carbons (Fsp3) is 0.450. The lowest BCUT2D eigenvalue weighted by Crippen LogP contribution is -2.16. The normalized spacial score (nSPS) is 16.4. The van der Waals surface area contributed by atoms with Gasteiger partial charge in [-0.25, -0.2) is 4.79 Å². The maximum Gasteiger partial charge on any atom is 0.335 e. The lowest BCUT2D eigenvalue weighted by Gasteiger charge is -2.23. The van der Waals surface area contributed by atoms with Crippen LogP contribution in [0.3, 0.4) is 0 Å². The van der Waals surface area contributed by atoms with Crippen molar-refractivity contribution < 1.29 is 19.9 Å². The Morgan fingerprint density at radius 3 is 2.38 bits per heavy atom. The van der Waals surface area contributed by atoms with Gasteiger partial charge in [0.15, 0.2) is 0 Å². The minimum Gasteiger partial charge on any atom is -0.478 e. The van der Waals surface area contributed by atoms with E-state index < -0.39 is 10.9 Å². The summed E-state index contributed by atoms with van der Waals surface area (Å²) in [5.74, 6) is -1.09. The topological polar surface area (TPSA) is 101 Å². The van der Waals surface area contributed by atoms with Gasteiger partial charge < -0.3 is 10.2 Å². The minimum absolute atomic E-state index is 0.0422. The van der Waals surface area contributed by atoms with Crippen molar-refractivity contribution in [3.05, 3.63) is 62.7 Å². The number of aromatic carboxylic acids is 1. The highest BCUT2D eigenvalue weighted by molar-refractivity contribution is 5.87. The third-order valence-corrected chi connectivity index (χ3v) is 4.27. The Bertz CT molecular complexity index is 652. The summed E-state index contributed by atoms with van der Waals surface area (Å²) in [4.78, 5) is 19.9. The number of nitro groups is 1. The summed E-state index contributed by atoms with van der Waals surface area (Å²) in [5.41, 5.74) is 4.02. The molecule has 0 saturated carbocycles. The number of allylic oxidation sites excluding steroid dienone is 3. The molecular formula is C20H27NO5. The molecule has 142 valence electrons. The number of aliphatic hydroxyl groups excluding tert-OH is 1. The molecule has 6 nitrogen and oxygen atoms in total. The first-order valence-corrected chi connectivity index (χ1v) is 8.70. The van der Waals surface area contributed by atoms with Gasteiger partial charge in [-0.3, -0.25) is 10.1 Å². The highest BCUT2D eigenvalue weighted by Gasteiger charge is 2.17. The zero-order valence-electron chi connectivity index (χ0n) is 15.6. The van der Waals surface area contributed by atoms with Gasteiger partial charge in [0.05, 0.1) is 16.6 Å². The SMILES string of the molecule is CC(C)=CCCC1=C(C)CCCC1O.O=C(O)c1ccc([N+](=O)[O-])cc1. The average molecular weight is 361 g/mol. The van der Waals surface area contributed by atoms with Gasteiger partial charge in [-0.15, -0.1) is 0 Å². The number of hydrogen-bond donors (Lipinski definition) is 2. The van der Waals surface area contributed by atoms with E-state index in [-0.39, 0.29) is 17.4 Å². The zero-order valence-corrected chi connectivity index (χ0v) is 15.6. The molecule has 1 aliphatic carbocycles. The number of hydrogen-bond acceptors (Lipinski definition) is 4. The Hall–Kier alpha value is -2.47. The molecule has 0 aliphatic heterocycles. The summed E-state index contributed by atoms with van der Waals surface area (Å²) in [6.45, 7) is 6.41. The highest BCUT2D eigenvalue weighted by atomic mass is 16.6. The van der Waals surface area contributed by atoms with Gasteiger partial charge in [-0.05, 0) is 70.6 Å². The number of aliphatic hydroxyl groups is 1. The van der Waals surface area contributed by atoms with E-state index in [1.54, 1.807) is 0 Å². The number of carboxylic acid groups (broad SMARTS) is 1. The number of benzene rings is 1. The van der Waals surface area contributed by atoms with Gasteiger partial charge in [0.2, 0.25) is 0 Å². The van der Waals surface area contributed by atoms with Crippen LogP contribution in [0.4, 0.5) is 5.69 Å². The fourth-order valence-electron chi connectivity index (χ4n) is 2.80. The van der Waals surface area contributed by atoms with E-state index in [0.717, 1.165) is 37.8 Å². The molecule has 2 rings (SSSR count). The standard InChI is InChI=1S/C13H22O.C7H5NO4/c1-10(2)6-4-8-12-11(3)7-5-9-13(12)14;9-7(10)5-1-3-6(4-2-5)8(11)12/h6,13-14H,4-5,7-9H2,1-3H3;1-4H,(H,9,10). The predicted octanol–water partition coefficient (Wildman–Crippen LogP) is 4.89. The monoisotopic (exact) mass is 361 g/mol. The molecule has 1 aromatic carbocycles. The molecule has 1 unspecified atom stereocenters. The molecule has 0 radical (unpaired) electrons. The molecule has 26 heavy (non-hydrogen) atoms. The maximum atomic E-state index is 10.3. The van der Waals surface area contributed by atoms with Crippen molar-refractivity contribution in [2.24, 2.45) is 0 Å². The number of rotatable bonds is 5. The fourth-order valence-corrected chi connectivity index (χ4v) is 2.80. The molecule has 0 fully saturated rings. The lowest BCUT2D eigenvalue weighted by molar-refractivity contribution is -0.384. The minimum atomic E-state index is -1.09. The second-order valence-electron chi connectivity index (χ2n) is 6.64. The first kappa shape index (κ1) is 21.6. The quantitative estimate of drug-likeness (QED) is 0.442. The van der Waals surface area contributed by atoms with E-state index in [2.05, 4.69) is 26.8 Å². The molecule has 0 bridgehead atoms. The van der Waals surface area contributed by atoms with Crippen molar-refractivity contribution in [2.45, 2.75) is 59.0 Å². The van der Waals surface area contributed by atoms with Crippen LogP contribution in [0.5, 0.6) is 0 Å². The molecule has 0 heterocycles. The van der Waals surface area contributed by atoms with E-state index in [1.165, 1.54) is 35.3 Å². The summed E-state index contributed by atoms with van der Waals surface area (Å²) in [6.07, 6.45) is 7.50. The molecule has 1 atom stereocenters. The van der Waals surface area contributed by atoms with E-state index in [4.69, 9.17) is 5.11 Å². The molecule has 0 saturated heterocycles. The summed E-state index contributed by atoms with van der Waals surface area (Å²) >= 11 is 0. The molecule has 1 aliphatic rings.